The van der Waals surface area contributed by atoms with Gasteiger partial charge in [-0.2, -0.15) is 0 Å². The van der Waals surface area contributed by atoms with Crippen molar-refractivity contribution in [1.29, 1.82) is 0 Å². The molecule has 180 valence electrons. The van der Waals surface area contributed by atoms with Crippen LogP contribution in [0.1, 0.15) is 15.9 Å². The molecular formula is C23H21Cl3N2O5S. The van der Waals surface area contributed by atoms with Crippen LogP contribution < -0.4 is 19.1 Å². The summed E-state index contributed by atoms with van der Waals surface area (Å²) in [6.07, 6.45) is 1.06. The third kappa shape index (κ3) is 6.07. The van der Waals surface area contributed by atoms with E-state index in [0.717, 1.165) is 10.6 Å². The number of methoxy groups -OCH3 is 2. The van der Waals surface area contributed by atoms with Gasteiger partial charge in [-0.3, -0.25) is 9.10 Å². The van der Waals surface area contributed by atoms with Crippen molar-refractivity contribution in [2.45, 2.75) is 6.54 Å². The van der Waals surface area contributed by atoms with Crippen LogP contribution in [0.5, 0.6) is 11.5 Å². The molecule has 0 spiro atoms. The van der Waals surface area contributed by atoms with Gasteiger partial charge in [-0.25, -0.2) is 8.42 Å². The Hall–Kier alpha value is -2.65. The second-order valence-electron chi connectivity index (χ2n) is 7.20. The normalized spacial score (nSPS) is 11.1. The summed E-state index contributed by atoms with van der Waals surface area (Å²) in [5, 5.41) is 3.82. The van der Waals surface area contributed by atoms with Crippen LogP contribution in [0.4, 0.5) is 11.4 Å². The van der Waals surface area contributed by atoms with Gasteiger partial charge in [0.15, 0.2) is 11.5 Å². The molecule has 0 aliphatic rings. The Morgan fingerprint density at radius 1 is 0.912 bits per heavy atom. The number of anilines is 2. The molecular weight excluding hydrogens is 523 g/mol. The van der Waals surface area contributed by atoms with Crippen molar-refractivity contribution < 1.29 is 22.7 Å². The fraction of sp³-hybridized carbons (Fsp3) is 0.174. The Bertz CT molecular complexity index is 1310. The predicted octanol–water partition coefficient (Wildman–Crippen LogP) is 5.88. The first-order valence-electron chi connectivity index (χ1n) is 9.78. The number of carbonyl (C=O) groups excluding carboxylic acids is 1. The number of nitrogens with zero attached hydrogens (tertiary/aromatic N) is 1. The van der Waals surface area contributed by atoms with E-state index >= 15 is 0 Å². The van der Waals surface area contributed by atoms with Crippen LogP contribution in [-0.2, 0) is 16.6 Å². The Morgan fingerprint density at radius 2 is 1.53 bits per heavy atom. The number of amides is 1. The standard InChI is InChI=1S/C23H21Cl3N2O5S/c1-32-21-11-17(23(29)27-16-8-9-18(25)19(26)10-16)20(12-22(21)33-2)28(34(3,30)31)13-14-4-6-15(24)7-5-14/h4-12H,13H2,1-3H3,(H,27,29). The van der Waals surface area contributed by atoms with Crippen molar-refractivity contribution in [3.63, 3.8) is 0 Å². The average molecular weight is 544 g/mol. The third-order valence-electron chi connectivity index (χ3n) is 4.83. The maximum absolute atomic E-state index is 13.3. The topological polar surface area (TPSA) is 84.9 Å². The smallest absolute Gasteiger partial charge is 0.257 e. The van der Waals surface area contributed by atoms with Gasteiger partial charge in [0.05, 0.1) is 48.3 Å². The predicted molar refractivity (Wildman–Crippen MR) is 136 cm³/mol. The Labute approximate surface area is 213 Å². The van der Waals surface area contributed by atoms with Crippen molar-refractivity contribution in [2.75, 3.05) is 30.1 Å². The molecule has 1 amide bonds. The minimum Gasteiger partial charge on any atom is -0.493 e. The summed E-state index contributed by atoms with van der Waals surface area (Å²) in [7, 11) is -0.992. The molecule has 11 heteroatoms. The van der Waals surface area contributed by atoms with Crippen LogP contribution in [-0.4, -0.2) is 34.8 Å². The summed E-state index contributed by atoms with van der Waals surface area (Å²) in [6.45, 7) is -0.0431. The van der Waals surface area contributed by atoms with Crippen LogP contribution in [0.25, 0.3) is 0 Å². The molecule has 0 aliphatic heterocycles. The van der Waals surface area contributed by atoms with Crippen LogP contribution in [0, 0.1) is 0 Å². The second-order valence-corrected chi connectivity index (χ2v) is 10.4. The molecule has 0 atom stereocenters. The lowest BCUT2D eigenvalue weighted by atomic mass is 10.1. The Morgan fingerprint density at radius 3 is 2.09 bits per heavy atom. The minimum atomic E-state index is -3.83. The summed E-state index contributed by atoms with van der Waals surface area (Å²) in [5.41, 5.74) is 1.19. The highest BCUT2D eigenvalue weighted by atomic mass is 35.5. The molecule has 34 heavy (non-hydrogen) atoms. The van der Waals surface area contributed by atoms with Gasteiger partial charge in [-0.15, -0.1) is 0 Å². The third-order valence-corrected chi connectivity index (χ3v) is 6.95. The van der Waals surface area contributed by atoms with Gasteiger partial charge in [-0.05, 0) is 42.0 Å². The van der Waals surface area contributed by atoms with E-state index in [1.54, 1.807) is 36.4 Å². The summed E-state index contributed by atoms with van der Waals surface area (Å²) in [5.74, 6) is -0.0714. The van der Waals surface area contributed by atoms with Gasteiger partial charge in [0.1, 0.15) is 0 Å². The molecule has 0 fully saturated rings. The number of hydrogen-bond acceptors (Lipinski definition) is 5. The first-order chi connectivity index (χ1) is 16.0. The van der Waals surface area contributed by atoms with Crippen molar-refractivity contribution in [2.24, 2.45) is 0 Å². The number of rotatable bonds is 8. The number of ether oxygens (including phenoxy) is 2. The number of benzene rings is 3. The van der Waals surface area contributed by atoms with Crippen LogP contribution in [0.15, 0.2) is 54.6 Å². The van der Waals surface area contributed by atoms with Gasteiger partial charge in [0.25, 0.3) is 5.91 Å². The molecule has 0 heterocycles. The van der Waals surface area contributed by atoms with Gasteiger partial charge in [0, 0.05) is 16.8 Å². The van der Waals surface area contributed by atoms with Crippen molar-refractivity contribution in [3.8, 4) is 11.5 Å². The van der Waals surface area contributed by atoms with E-state index in [1.165, 1.54) is 32.4 Å². The zero-order chi connectivity index (χ0) is 25.0. The average Bonchev–Trinajstić information content (AvgIpc) is 2.79. The number of hydrogen-bond donors (Lipinski definition) is 1. The molecule has 0 aromatic heterocycles. The maximum Gasteiger partial charge on any atom is 0.257 e. The molecule has 0 bridgehead atoms. The van der Waals surface area contributed by atoms with Crippen molar-refractivity contribution >= 4 is 62.1 Å². The van der Waals surface area contributed by atoms with E-state index < -0.39 is 15.9 Å². The van der Waals surface area contributed by atoms with Crippen molar-refractivity contribution in [3.05, 3.63) is 80.8 Å². The lowest BCUT2D eigenvalue weighted by Gasteiger charge is -2.26. The van der Waals surface area contributed by atoms with Gasteiger partial charge < -0.3 is 14.8 Å². The summed E-state index contributed by atoms with van der Waals surface area (Å²) in [4.78, 5) is 13.3. The van der Waals surface area contributed by atoms with E-state index in [4.69, 9.17) is 44.3 Å². The lowest BCUT2D eigenvalue weighted by molar-refractivity contribution is 0.102. The van der Waals surface area contributed by atoms with Gasteiger partial charge in [-0.1, -0.05) is 46.9 Å². The highest BCUT2D eigenvalue weighted by Crippen LogP contribution is 2.37. The minimum absolute atomic E-state index is 0.0431. The van der Waals surface area contributed by atoms with Gasteiger partial charge >= 0.3 is 0 Å². The lowest BCUT2D eigenvalue weighted by Crippen LogP contribution is -2.31. The molecule has 1 N–H and O–H groups in total. The summed E-state index contributed by atoms with van der Waals surface area (Å²) in [6, 6.07) is 14.2. The number of nitrogens with one attached hydrogen (secondary N) is 1. The van der Waals surface area contributed by atoms with E-state index in [1.807, 2.05) is 0 Å². The van der Waals surface area contributed by atoms with E-state index in [2.05, 4.69) is 5.32 Å². The largest absolute Gasteiger partial charge is 0.493 e. The fourth-order valence-electron chi connectivity index (χ4n) is 3.17. The van der Waals surface area contributed by atoms with Crippen LogP contribution in [0.3, 0.4) is 0 Å². The molecule has 3 rings (SSSR count). The molecule has 0 radical (unpaired) electrons. The zero-order valence-electron chi connectivity index (χ0n) is 18.4. The molecule has 0 unspecified atom stereocenters. The zero-order valence-corrected chi connectivity index (χ0v) is 21.5. The number of carbonyl (C=O) groups is 1. The molecule has 7 nitrogen and oxygen atoms in total. The molecule has 0 saturated heterocycles. The number of halogens is 3. The van der Waals surface area contributed by atoms with Crippen LogP contribution in [0.2, 0.25) is 15.1 Å². The van der Waals surface area contributed by atoms with Crippen molar-refractivity contribution in [1.82, 2.24) is 0 Å². The Kier molecular flexibility index (Phi) is 8.20. The fourth-order valence-corrected chi connectivity index (χ4v) is 4.48. The first kappa shape index (κ1) is 26.0. The van der Waals surface area contributed by atoms with E-state index in [0.29, 0.717) is 21.3 Å². The highest BCUT2D eigenvalue weighted by Gasteiger charge is 2.27. The first-order valence-corrected chi connectivity index (χ1v) is 12.8. The van der Waals surface area contributed by atoms with E-state index in [-0.39, 0.29) is 34.3 Å². The number of sulfonamides is 1. The van der Waals surface area contributed by atoms with E-state index in [9.17, 15) is 13.2 Å². The maximum atomic E-state index is 13.3. The van der Waals surface area contributed by atoms with Gasteiger partial charge in [0.2, 0.25) is 10.0 Å². The summed E-state index contributed by atoms with van der Waals surface area (Å²) < 4.78 is 37.5. The SMILES string of the molecule is COc1cc(C(=O)Nc2ccc(Cl)c(Cl)c2)c(N(Cc2ccc(Cl)cc2)S(C)(=O)=O)cc1OC. The molecule has 3 aromatic rings. The van der Waals surface area contributed by atoms with Crippen LogP contribution >= 0.6 is 34.8 Å². The summed E-state index contributed by atoms with van der Waals surface area (Å²) >= 11 is 18.0. The highest BCUT2D eigenvalue weighted by molar-refractivity contribution is 7.92. The molecule has 0 aliphatic carbocycles. The Balaban J connectivity index is 2.13. The molecule has 0 saturated carbocycles. The monoisotopic (exact) mass is 542 g/mol. The second kappa shape index (κ2) is 10.7. The molecule has 3 aromatic carbocycles. The quantitative estimate of drug-likeness (QED) is 0.383.